The fourth-order valence-electron chi connectivity index (χ4n) is 0.598. The number of hydrogen-bond donors (Lipinski definition) is 0. The molecular formula is C10H17. The molecule has 57 valence electrons. The summed E-state index contributed by atoms with van der Waals surface area (Å²) in [6.45, 7) is 8.44. The smallest absolute Gasteiger partial charge is 0.0103 e. The highest BCUT2D eigenvalue weighted by Crippen LogP contribution is 2.03. The van der Waals surface area contributed by atoms with Crippen molar-refractivity contribution >= 4 is 0 Å². The quantitative estimate of drug-likeness (QED) is 0.522. The zero-order valence-corrected chi connectivity index (χ0v) is 7.44. The fraction of sp³-hybridized carbons (Fsp3) is 0.500. The van der Waals surface area contributed by atoms with Crippen molar-refractivity contribution < 1.29 is 0 Å². The van der Waals surface area contributed by atoms with Crippen LogP contribution in [0.1, 0.15) is 34.1 Å². The Morgan fingerprint density at radius 2 is 1.80 bits per heavy atom. The van der Waals surface area contributed by atoms with Gasteiger partial charge in [0.15, 0.2) is 0 Å². The second kappa shape index (κ2) is 5.28. The summed E-state index contributed by atoms with van der Waals surface area (Å²) in [6, 6.07) is 0. The first-order chi connectivity index (χ1) is 4.66. The van der Waals surface area contributed by atoms with Gasteiger partial charge in [-0.3, -0.25) is 0 Å². The molecule has 0 saturated heterocycles. The third-order valence-electron chi connectivity index (χ3n) is 1.42. The van der Waals surface area contributed by atoms with Gasteiger partial charge in [-0.15, -0.1) is 0 Å². The molecule has 1 radical (unpaired) electrons. The highest BCUT2D eigenvalue weighted by Gasteiger charge is 1.85. The molecule has 0 atom stereocenters. The van der Waals surface area contributed by atoms with E-state index in [9.17, 15) is 0 Å². The minimum atomic E-state index is 1.07. The third-order valence-corrected chi connectivity index (χ3v) is 1.42. The van der Waals surface area contributed by atoms with Gasteiger partial charge in [-0.2, -0.15) is 0 Å². The molecule has 0 spiro atoms. The average Bonchev–Trinajstić information content (AvgIpc) is 1.87. The molecule has 0 saturated carbocycles. The van der Waals surface area contributed by atoms with Crippen LogP contribution in [0.2, 0.25) is 0 Å². The van der Waals surface area contributed by atoms with Crippen LogP contribution in [-0.2, 0) is 0 Å². The Hall–Kier alpha value is -0.520. The van der Waals surface area contributed by atoms with Crippen molar-refractivity contribution in [2.75, 3.05) is 0 Å². The van der Waals surface area contributed by atoms with Crippen molar-refractivity contribution in [3.05, 3.63) is 29.7 Å². The summed E-state index contributed by atoms with van der Waals surface area (Å²) in [4.78, 5) is 0. The van der Waals surface area contributed by atoms with E-state index in [1.807, 2.05) is 0 Å². The maximum atomic E-state index is 2.23. The van der Waals surface area contributed by atoms with Crippen LogP contribution in [0.15, 0.2) is 23.3 Å². The van der Waals surface area contributed by atoms with Crippen LogP contribution >= 0.6 is 0 Å². The van der Waals surface area contributed by atoms with Crippen molar-refractivity contribution in [1.82, 2.24) is 0 Å². The SMILES string of the molecule is CC=C(C)[CH]CC=C(C)C. The Labute approximate surface area is 64.6 Å². The van der Waals surface area contributed by atoms with Crippen LogP contribution in [0.3, 0.4) is 0 Å². The van der Waals surface area contributed by atoms with Gasteiger partial charge in [0, 0.05) is 0 Å². The summed E-state index contributed by atoms with van der Waals surface area (Å²) < 4.78 is 0. The lowest BCUT2D eigenvalue weighted by Crippen LogP contribution is -1.76. The molecule has 0 amide bonds. The average molecular weight is 137 g/mol. The first kappa shape index (κ1) is 9.48. The standard InChI is InChI=1S/C10H17/c1-5-10(4)8-6-7-9(2)3/h5,7-8H,6H2,1-4H3. The van der Waals surface area contributed by atoms with Gasteiger partial charge in [-0.1, -0.05) is 23.3 Å². The molecule has 0 N–H and O–H groups in total. The highest BCUT2D eigenvalue weighted by atomic mass is 13.9. The molecular weight excluding hydrogens is 120 g/mol. The zero-order valence-electron chi connectivity index (χ0n) is 7.44. The normalized spacial score (nSPS) is 11.4. The molecule has 0 aliphatic carbocycles. The molecule has 0 heteroatoms. The van der Waals surface area contributed by atoms with Crippen LogP contribution in [0.5, 0.6) is 0 Å². The Balaban J connectivity index is 3.47. The number of rotatable bonds is 3. The van der Waals surface area contributed by atoms with E-state index in [1.54, 1.807) is 0 Å². The predicted molar refractivity (Wildman–Crippen MR) is 47.8 cm³/mol. The number of allylic oxidation sites excluding steroid dienone is 4. The molecule has 10 heavy (non-hydrogen) atoms. The molecule has 0 aromatic heterocycles. The summed E-state index contributed by atoms with van der Waals surface area (Å²) in [5, 5.41) is 0. The molecule has 0 aromatic rings. The Bertz CT molecular complexity index is 134. The zero-order chi connectivity index (χ0) is 7.98. The van der Waals surface area contributed by atoms with E-state index in [1.165, 1.54) is 11.1 Å². The summed E-state index contributed by atoms with van der Waals surface area (Å²) in [5.41, 5.74) is 2.75. The van der Waals surface area contributed by atoms with Gasteiger partial charge in [0.2, 0.25) is 0 Å². The van der Waals surface area contributed by atoms with Crippen molar-refractivity contribution in [3.63, 3.8) is 0 Å². The molecule has 0 nitrogen and oxygen atoms in total. The first-order valence-electron chi connectivity index (χ1n) is 3.76. The van der Waals surface area contributed by atoms with Gasteiger partial charge < -0.3 is 0 Å². The summed E-state index contributed by atoms with van der Waals surface area (Å²) >= 11 is 0. The molecule has 0 aliphatic rings. The predicted octanol–water partition coefficient (Wildman–Crippen LogP) is 3.51. The monoisotopic (exact) mass is 137 g/mol. The van der Waals surface area contributed by atoms with Gasteiger partial charge in [-0.25, -0.2) is 0 Å². The fourth-order valence-corrected chi connectivity index (χ4v) is 0.598. The molecule has 0 bridgehead atoms. The summed E-state index contributed by atoms with van der Waals surface area (Å²) in [7, 11) is 0. The van der Waals surface area contributed by atoms with E-state index < -0.39 is 0 Å². The maximum absolute atomic E-state index is 2.23. The second-order valence-corrected chi connectivity index (χ2v) is 2.75. The van der Waals surface area contributed by atoms with E-state index in [0.29, 0.717) is 0 Å². The van der Waals surface area contributed by atoms with Crippen molar-refractivity contribution in [2.24, 2.45) is 0 Å². The van der Waals surface area contributed by atoms with Crippen LogP contribution in [0.4, 0.5) is 0 Å². The highest BCUT2D eigenvalue weighted by molar-refractivity contribution is 5.12. The first-order valence-corrected chi connectivity index (χ1v) is 3.76. The van der Waals surface area contributed by atoms with Crippen LogP contribution in [0.25, 0.3) is 0 Å². The third kappa shape index (κ3) is 5.61. The van der Waals surface area contributed by atoms with E-state index in [0.717, 1.165) is 6.42 Å². The van der Waals surface area contributed by atoms with E-state index in [-0.39, 0.29) is 0 Å². The van der Waals surface area contributed by atoms with Crippen LogP contribution < -0.4 is 0 Å². The van der Waals surface area contributed by atoms with Gasteiger partial charge in [0.1, 0.15) is 0 Å². The van der Waals surface area contributed by atoms with E-state index >= 15 is 0 Å². The molecule has 0 unspecified atom stereocenters. The maximum Gasteiger partial charge on any atom is -0.0103 e. The van der Waals surface area contributed by atoms with Crippen molar-refractivity contribution in [2.45, 2.75) is 34.1 Å². The summed E-state index contributed by atoms with van der Waals surface area (Å²) in [5.74, 6) is 0. The second-order valence-electron chi connectivity index (χ2n) is 2.75. The summed E-state index contributed by atoms with van der Waals surface area (Å²) in [6.07, 6.45) is 7.65. The molecule has 0 heterocycles. The molecule has 0 aromatic carbocycles. The van der Waals surface area contributed by atoms with Gasteiger partial charge >= 0.3 is 0 Å². The minimum absolute atomic E-state index is 1.07. The number of hydrogen-bond acceptors (Lipinski definition) is 0. The van der Waals surface area contributed by atoms with Gasteiger partial charge in [-0.05, 0) is 40.5 Å². The lowest BCUT2D eigenvalue weighted by Gasteiger charge is -1.94. The lowest BCUT2D eigenvalue weighted by molar-refractivity contribution is 1.17. The topological polar surface area (TPSA) is 0 Å². The van der Waals surface area contributed by atoms with Crippen LogP contribution in [-0.4, -0.2) is 0 Å². The molecule has 0 fully saturated rings. The van der Waals surface area contributed by atoms with Gasteiger partial charge in [0.05, 0.1) is 0 Å². The Kier molecular flexibility index (Phi) is 5.00. The lowest BCUT2D eigenvalue weighted by atomic mass is 10.1. The minimum Gasteiger partial charge on any atom is -0.0884 e. The van der Waals surface area contributed by atoms with E-state index in [4.69, 9.17) is 0 Å². The Morgan fingerprint density at radius 1 is 1.20 bits per heavy atom. The molecule has 0 rings (SSSR count). The molecule has 0 aliphatic heterocycles. The van der Waals surface area contributed by atoms with E-state index in [2.05, 4.69) is 46.3 Å². The Morgan fingerprint density at radius 3 is 2.20 bits per heavy atom. The van der Waals surface area contributed by atoms with Crippen LogP contribution in [0, 0.1) is 6.42 Å². The van der Waals surface area contributed by atoms with Gasteiger partial charge in [0.25, 0.3) is 0 Å². The largest absolute Gasteiger partial charge is 0.0884 e. The van der Waals surface area contributed by atoms with Crippen molar-refractivity contribution in [3.8, 4) is 0 Å². The van der Waals surface area contributed by atoms with Crippen molar-refractivity contribution in [1.29, 1.82) is 0 Å².